The van der Waals surface area contributed by atoms with Crippen LogP contribution in [0.25, 0.3) is 0 Å². The van der Waals surface area contributed by atoms with Crippen molar-refractivity contribution >= 4 is 29.1 Å². The lowest BCUT2D eigenvalue weighted by Crippen LogP contribution is -2.23. The standard InChI is InChI=1S/C21H21N5O2/c1-14-5-3-4-6-16(14)11-22-20(28)17-12-23-21(24-13-17)26-19-9-7-18(8-10-19)25-15(2)27/h3-10,12-13H,11H2,1-2H3,(H,22,28)(H,25,27)(H,23,24,26). The van der Waals surface area contributed by atoms with Crippen LogP contribution in [0.4, 0.5) is 17.3 Å². The fourth-order valence-corrected chi connectivity index (χ4v) is 2.57. The van der Waals surface area contributed by atoms with Gasteiger partial charge in [-0.05, 0) is 42.3 Å². The number of benzene rings is 2. The summed E-state index contributed by atoms with van der Waals surface area (Å²) >= 11 is 0. The molecule has 0 fully saturated rings. The zero-order valence-electron chi connectivity index (χ0n) is 15.7. The third-order valence-electron chi connectivity index (χ3n) is 4.08. The van der Waals surface area contributed by atoms with Gasteiger partial charge in [-0.1, -0.05) is 24.3 Å². The summed E-state index contributed by atoms with van der Waals surface area (Å²) in [4.78, 5) is 31.7. The number of anilines is 3. The van der Waals surface area contributed by atoms with E-state index in [0.717, 1.165) is 16.8 Å². The highest BCUT2D eigenvalue weighted by molar-refractivity contribution is 5.93. The van der Waals surface area contributed by atoms with Gasteiger partial charge in [0.05, 0.1) is 5.56 Å². The van der Waals surface area contributed by atoms with E-state index in [1.54, 1.807) is 24.3 Å². The van der Waals surface area contributed by atoms with Crippen LogP contribution >= 0.6 is 0 Å². The molecule has 1 heterocycles. The third-order valence-corrected chi connectivity index (χ3v) is 4.08. The van der Waals surface area contributed by atoms with Crippen LogP contribution in [0.3, 0.4) is 0 Å². The first-order valence-electron chi connectivity index (χ1n) is 8.81. The molecule has 0 spiro atoms. The molecule has 28 heavy (non-hydrogen) atoms. The average molecular weight is 375 g/mol. The van der Waals surface area contributed by atoms with Crippen molar-refractivity contribution in [1.29, 1.82) is 0 Å². The number of carbonyl (C=O) groups is 2. The molecule has 0 saturated heterocycles. The number of hydrogen-bond donors (Lipinski definition) is 3. The van der Waals surface area contributed by atoms with E-state index in [4.69, 9.17) is 0 Å². The first kappa shape index (κ1) is 19.0. The summed E-state index contributed by atoms with van der Waals surface area (Å²) in [5, 5.41) is 8.62. The number of rotatable bonds is 6. The van der Waals surface area contributed by atoms with Crippen molar-refractivity contribution in [2.45, 2.75) is 20.4 Å². The second-order valence-corrected chi connectivity index (χ2v) is 6.29. The van der Waals surface area contributed by atoms with Gasteiger partial charge >= 0.3 is 0 Å². The Morgan fingerprint density at radius 2 is 1.57 bits per heavy atom. The molecule has 2 aromatic carbocycles. The SMILES string of the molecule is CC(=O)Nc1ccc(Nc2ncc(C(=O)NCc3ccccc3C)cn2)cc1. The van der Waals surface area contributed by atoms with E-state index in [9.17, 15) is 9.59 Å². The van der Waals surface area contributed by atoms with E-state index in [-0.39, 0.29) is 11.8 Å². The van der Waals surface area contributed by atoms with E-state index in [1.165, 1.54) is 19.3 Å². The highest BCUT2D eigenvalue weighted by Crippen LogP contribution is 2.16. The number of carbonyl (C=O) groups excluding carboxylic acids is 2. The summed E-state index contributed by atoms with van der Waals surface area (Å²) in [7, 11) is 0. The largest absolute Gasteiger partial charge is 0.348 e. The normalized spacial score (nSPS) is 10.2. The van der Waals surface area contributed by atoms with Gasteiger partial charge in [-0.3, -0.25) is 9.59 Å². The van der Waals surface area contributed by atoms with Gasteiger partial charge in [0.1, 0.15) is 0 Å². The Labute approximate surface area is 163 Å². The lowest BCUT2D eigenvalue weighted by molar-refractivity contribution is -0.114. The quantitative estimate of drug-likeness (QED) is 0.613. The minimum absolute atomic E-state index is 0.125. The molecule has 0 bridgehead atoms. The van der Waals surface area contributed by atoms with E-state index >= 15 is 0 Å². The van der Waals surface area contributed by atoms with Crippen LogP contribution in [0, 0.1) is 6.92 Å². The summed E-state index contributed by atoms with van der Waals surface area (Å²) in [5.41, 5.74) is 4.06. The molecular weight excluding hydrogens is 354 g/mol. The first-order valence-corrected chi connectivity index (χ1v) is 8.81. The summed E-state index contributed by atoms with van der Waals surface area (Å²) in [6.07, 6.45) is 2.96. The summed E-state index contributed by atoms with van der Waals surface area (Å²) in [6.45, 7) is 3.92. The van der Waals surface area contributed by atoms with Crippen molar-refractivity contribution in [3.63, 3.8) is 0 Å². The summed E-state index contributed by atoms with van der Waals surface area (Å²) in [5.74, 6) is 0.0255. The van der Waals surface area contributed by atoms with Crippen LogP contribution in [-0.2, 0) is 11.3 Å². The third kappa shape index (κ3) is 5.14. The van der Waals surface area contributed by atoms with Crippen molar-refractivity contribution in [3.05, 3.63) is 77.6 Å². The molecule has 3 rings (SSSR count). The highest BCUT2D eigenvalue weighted by atomic mass is 16.2. The van der Waals surface area contributed by atoms with Gasteiger partial charge in [0.2, 0.25) is 11.9 Å². The summed E-state index contributed by atoms with van der Waals surface area (Å²) < 4.78 is 0. The van der Waals surface area contributed by atoms with Crippen LogP contribution in [0.1, 0.15) is 28.4 Å². The number of hydrogen-bond acceptors (Lipinski definition) is 5. The Hall–Kier alpha value is -3.74. The Morgan fingerprint density at radius 1 is 0.929 bits per heavy atom. The van der Waals surface area contributed by atoms with Gasteiger partial charge in [0.15, 0.2) is 0 Å². The zero-order chi connectivity index (χ0) is 19.9. The molecule has 0 atom stereocenters. The minimum atomic E-state index is -0.227. The molecule has 0 unspecified atom stereocenters. The van der Waals surface area contributed by atoms with Gasteiger partial charge in [-0.2, -0.15) is 0 Å². The monoisotopic (exact) mass is 375 g/mol. The molecular formula is C21H21N5O2. The van der Waals surface area contributed by atoms with Gasteiger partial charge in [0.25, 0.3) is 5.91 Å². The second kappa shape index (κ2) is 8.77. The molecule has 7 nitrogen and oxygen atoms in total. The lowest BCUT2D eigenvalue weighted by Gasteiger charge is -2.09. The molecule has 0 aliphatic rings. The van der Waals surface area contributed by atoms with Crippen LogP contribution in [0.2, 0.25) is 0 Å². The molecule has 0 aliphatic heterocycles. The highest BCUT2D eigenvalue weighted by Gasteiger charge is 2.08. The van der Waals surface area contributed by atoms with Crippen LogP contribution in [0.15, 0.2) is 60.9 Å². The topological polar surface area (TPSA) is 96.0 Å². The lowest BCUT2D eigenvalue weighted by atomic mass is 10.1. The smallest absolute Gasteiger partial charge is 0.254 e. The number of amides is 2. The van der Waals surface area contributed by atoms with Crippen LogP contribution in [0.5, 0.6) is 0 Å². The molecule has 3 aromatic rings. The van der Waals surface area contributed by atoms with Crippen LogP contribution in [-0.4, -0.2) is 21.8 Å². The van der Waals surface area contributed by atoms with Gasteiger partial charge in [0, 0.05) is 37.2 Å². The molecule has 0 aliphatic carbocycles. The van der Waals surface area contributed by atoms with E-state index in [0.29, 0.717) is 23.7 Å². The minimum Gasteiger partial charge on any atom is -0.348 e. The van der Waals surface area contributed by atoms with Gasteiger partial charge in [-0.15, -0.1) is 0 Å². The maximum Gasteiger partial charge on any atom is 0.254 e. The Morgan fingerprint density at radius 3 is 2.21 bits per heavy atom. The van der Waals surface area contributed by atoms with E-state index < -0.39 is 0 Å². The van der Waals surface area contributed by atoms with Crippen molar-refractivity contribution in [1.82, 2.24) is 15.3 Å². The Kier molecular flexibility index (Phi) is 5.96. The van der Waals surface area contributed by atoms with Crippen molar-refractivity contribution in [3.8, 4) is 0 Å². The summed E-state index contributed by atoms with van der Waals surface area (Å²) in [6, 6.07) is 15.1. The predicted octanol–water partition coefficient (Wildman–Crippen LogP) is 3.42. The van der Waals surface area contributed by atoms with Gasteiger partial charge in [-0.25, -0.2) is 9.97 Å². The fraction of sp³-hybridized carbons (Fsp3) is 0.143. The zero-order valence-corrected chi connectivity index (χ0v) is 15.7. The maximum atomic E-state index is 12.3. The number of aryl methyl sites for hydroxylation is 1. The molecule has 0 saturated carbocycles. The van der Waals surface area contributed by atoms with E-state index in [2.05, 4.69) is 25.9 Å². The molecule has 142 valence electrons. The Bertz CT molecular complexity index is 969. The van der Waals surface area contributed by atoms with Crippen molar-refractivity contribution in [2.75, 3.05) is 10.6 Å². The average Bonchev–Trinajstić information content (AvgIpc) is 2.69. The van der Waals surface area contributed by atoms with E-state index in [1.807, 2.05) is 31.2 Å². The van der Waals surface area contributed by atoms with Crippen LogP contribution < -0.4 is 16.0 Å². The number of aromatic nitrogens is 2. The Balaban J connectivity index is 1.57. The van der Waals surface area contributed by atoms with Crippen molar-refractivity contribution in [2.24, 2.45) is 0 Å². The molecule has 2 amide bonds. The van der Waals surface area contributed by atoms with Crippen molar-refractivity contribution < 1.29 is 9.59 Å². The number of nitrogens with one attached hydrogen (secondary N) is 3. The van der Waals surface area contributed by atoms with Gasteiger partial charge < -0.3 is 16.0 Å². The predicted molar refractivity (Wildman–Crippen MR) is 108 cm³/mol. The molecule has 3 N–H and O–H groups in total. The molecule has 7 heteroatoms. The first-order chi connectivity index (χ1) is 13.5. The second-order valence-electron chi connectivity index (χ2n) is 6.29. The molecule has 0 radical (unpaired) electrons. The fourth-order valence-electron chi connectivity index (χ4n) is 2.57. The maximum absolute atomic E-state index is 12.3. The number of nitrogens with zero attached hydrogens (tertiary/aromatic N) is 2. The molecule has 1 aromatic heterocycles.